The molecule has 0 heterocycles. The number of rotatable bonds is 3. The van der Waals surface area contributed by atoms with Crippen LogP contribution >= 0.6 is 0 Å². The summed E-state index contributed by atoms with van der Waals surface area (Å²) in [5.74, 6) is 3.48. The highest BCUT2D eigenvalue weighted by molar-refractivity contribution is 5.78. The number of ether oxygens (including phenoxy) is 2. The van der Waals surface area contributed by atoms with Gasteiger partial charge in [-0.1, -0.05) is 48.5 Å². The first-order valence-electron chi connectivity index (χ1n) is 15.4. The second kappa shape index (κ2) is 8.72. The van der Waals surface area contributed by atoms with Gasteiger partial charge in [-0.05, 0) is 116 Å². The zero-order chi connectivity index (χ0) is 27.2. The fourth-order valence-electron chi connectivity index (χ4n) is 12.3. The monoisotopic (exact) mass is 514 g/mol. The van der Waals surface area contributed by atoms with Gasteiger partial charge in [-0.25, -0.2) is 0 Å². The summed E-state index contributed by atoms with van der Waals surface area (Å²) >= 11 is 0. The first kappa shape index (κ1) is 27.5. The average Bonchev–Trinajstić information content (AvgIpc) is 3.22. The minimum atomic E-state index is -0.262. The number of fused-ring (bicyclic) bond motifs is 7. The fourth-order valence-corrected chi connectivity index (χ4v) is 12.3. The van der Waals surface area contributed by atoms with Gasteiger partial charge in [0.15, 0.2) is 0 Å². The van der Waals surface area contributed by atoms with Crippen molar-refractivity contribution in [3.63, 3.8) is 0 Å². The molecule has 0 bridgehead atoms. The molecule has 0 aromatic rings. The number of carbonyl (C=O) groups excluding carboxylic acids is 2. The third-order valence-electron chi connectivity index (χ3n) is 14.2. The van der Waals surface area contributed by atoms with Crippen LogP contribution in [-0.4, -0.2) is 25.2 Å². The predicted octanol–water partition coefficient (Wildman–Crippen LogP) is 7.83. The molecule has 210 valence electrons. The first-order chi connectivity index (χ1) is 17.2. The Morgan fingerprint density at radius 3 is 2.11 bits per heavy atom. The lowest BCUT2D eigenvalue weighted by Crippen LogP contribution is -2.67. The van der Waals surface area contributed by atoms with Gasteiger partial charge in [0.2, 0.25) is 0 Å². The quantitative estimate of drug-likeness (QED) is 0.360. The second-order valence-corrected chi connectivity index (χ2v) is 15.7. The number of esters is 2. The van der Waals surface area contributed by atoms with Crippen LogP contribution in [0.15, 0.2) is 0 Å². The molecule has 5 aliphatic carbocycles. The molecule has 0 radical (unpaired) electrons. The zero-order valence-corrected chi connectivity index (χ0v) is 25.2. The highest BCUT2D eigenvalue weighted by atomic mass is 16.5. The number of hydrogen-bond donors (Lipinski definition) is 0. The van der Waals surface area contributed by atoms with Crippen molar-refractivity contribution in [3.05, 3.63) is 0 Å². The van der Waals surface area contributed by atoms with E-state index in [4.69, 9.17) is 9.47 Å². The summed E-state index contributed by atoms with van der Waals surface area (Å²) in [5, 5.41) is 0. The molecule has 0 aromatic heterocycles. The van der Waals surface area contributed by atoms with E-state index in [-0.39, 0.29) is 45.1 Å². The molecule has 5 rings (SSSR count). The van der Waals surface area contributed by atoms with Crippen molar-refractivity contribution in [1.29, 1.82) is 0 Å². The van der Waals surface area contributed by atoms with Gasteiger partial charge in [0.05, 0.1) is 12.5 Å². The van der Waals surface area contributed by atoms with Gasteiger partial charge < -0.3 is 9.47 Å². The van der Waals surface area contributed by atoms with E-state index in [1.54, 1.807) is 14.0 Å². The summed E-state index contributed by atoms with van der Waals surface area (Å²) < 4.78 is 11.4. The van der Waals surface area contributed by atoms with Crippen LogP contribution in [0.5, 0.6) is 0 Å². The van der Waals surface area contributed by atoms with Crippen LogP contribution < -0.4 is 0 Å². The normalized spacial score (nSPS) is 50.3. The van der Waals surface area contributed by atoms with Crippen molar-refractivity contribution < 1.29 is 19.1 Å². The van der Waals surface area contributed by atoms with Crippen molar-refractivity contribution in [2.45, 2.75) is 126 Å². The molecule has 37 heavy (non-hydrogen) atoms. The predicted molar refractivity (Wildman–Crippen MR) is 147 cm³/mol. The molecule has 0 saturated heterocycles. The summed E-state index contributed by atoms with van der Waals surface area (Å²) in [6, 6.07) is 0. The van der Waals surface area contributed by atoms with E-state index in [0.717, 1.165) is 32.1 Å². The zero-order valence-electron chi connectivity index (χ0n) is 25.2. The largest absolute Gasteiger partial charge is 0.469 e. The van der Waals surface area contributed by atoms with Gasteiger partial charge in [0.25, 0.3) is 0 Å². The molecular formula is C33H54O4. The lowest BCUT2D eigenvalue weighted by molar-refractivity contribution is -0.251. The maximum atomic E-state index is 13.4. The molecule has 0 N–H and O–H groups in total. The Hall–Kier alpha value is -1.06. The van der Waals surface area contributed by atoms with Crippen LogP contribution in [-0.2, 0) is 19.1 Å². The lowest BCUT2D eigenvalue weighted by Gasteiger charge is -2.72. The van der Waals surface area contributed by atoms with Crippen molar-refractivity contribution in [3.8, 4) is 0 Å². The Balaban J connectivity index is 1.52. The Morgan fingerprint density at radius 2 is 1.49 bits per heavy atom. The molecule has 4 nitrogen and oxygen atoms in total. The maximum Gasteiger partial charge on any atom is 0.312 e. The Labute approximate surface area is 226 Å². The lowest BCUT2D eigenvalue weighted by atomic mass is 9.32. The van der Waals surface area contributed by atoms with E-state index in [1.807, 2.05) is 0 Å². The number of carbonyl (C=O) groups is 2. The molecule has 0 aliphatic heterocycles. The van der Waals surface area contributed by atoms with Gasteiger partial charge in [-0.15, -0.1) is 0 Å². The van der Waals surface area contributed by atoms with Gasteiger partial charge >= 0.3 is 11.9 Å². The van der Waals surface area contributed by atoms with Crippen molar-refractivity contribution in [2.24, 2.45) is 62.6 Å². The molecule has 0 amide bonds. The summed E-state index contributed by atoms with van der Waals surface area (Å²) in [7, 11) is 1.61. The summed E-state index contributed by atoms with van der Waals surface area (Å²) in [6.07, 6.45) is 11.5. The van der Waals surface area contributed by atoms with E-state index in [2.05, 4.69) is 48.5 Å². The van der Waals surface area contributed by atoms with Gasteiger partial charge in [0, 0.05) is 12.3 Å². The molecule has 0 aromatic carbocycles. The van der Waals surface area contributed by atoms with Crippen molar-refractivity contribution in [2.75, 3.05) is 7.11 Å². The molecule has 0 unspecified atom stereocenters. The van der Waals surface area contributed by atoms with Gasteiger partial charge in [-0.3, -0.25) is 9.59 Å². The molecule has 4 heteroatoms. The highest BCUT2D eigenvalue weighted by Gasteiger charge is 2.72. The van der Waals surface area contributed by atoms with Crippen LogP contribution in [0.2, 0.25) is 0 Å². The second-order valence-electron chi connectivity index (χ2n) is 15.7. The Bertz CT molecular complexity index is 939. The van der Waals surface area contributed by atoms with Crippen molar-refractivity contribution >= 4 is 11.9 Å². The molecule has 10 atom stereocenters. The molecule has 5 fully saturated rings. The number of methoxy groups -OCH3 is 1. The minimum Gasteiger partial charge on any atom is -0.469 e. The van der Waals surface area contributed by atoms with Gasteiger partial charge in [0.1, 0.15) is 6.10 Å². The molecule has 5 saturated carbocycles. The SMILES string of the molecule is COC(=O)[C@]12CC[C@@H](C(C)C)[C@@H]1[C@H]1CC[C@@H]3[C@@]4(C)CC[C@H](OC(C)=O)C(C)(C)[C@@H]4CC[C@@]3(C)[C@]1(C)CC2. The summed E-state index contributed by atoms with van der Waals surface area (Å²) in [5.41, 5.74) is 0.532. The molecule has 0 spiro atoms. The summed E-state index contributed by atoms with van der Waals surface area (Å²) in [6.45, 7) is 19.0. The Morgan fingerprint density at radius 1 is 0.784 bits per heavy atom. The third-order valence-corrected chi connectivity index (χ3v) is 14.2. The van der Waals surface area contributed by atoms with Crippen molar-refractivity contribution in [1.82, 2.24) is 0 Å². The van der Waals surface area contributed by atoms with E-state index < -0.39 is 0 Å². The van der Waals surface area contributed by atoms with Gasteiger partial charge in [-0.2, -0.15) is 0 Å². The van der Waals surface area contributed by atoms with Crippen LogP contribution in [0.25, 0.3) is 0 Å². The maximum absolute atomic E-state index is 13.4. The minimum absolute atomic E-state index is 0.00144. The van der Waals surface area contributed by atoms with Crippen LogP contribution in [0.4, 0.5) is 0 Å². The van der Waals surface area contributed by atoms with E-state index >= 15 is 0 Å². The fraction of sp³-hybridized carbons (Fsp3) is 0.939. The van der Waals surface area contributed by atoms with E-state index in [9.17, 15) is 9.59 Å². The highest BCUT2D eigenvalue weighted by Crippen LogP contribution is 2.77. The van der Waals surface area contributed by atoms with Crippen LogP contribution in [0.3, 0.4) is 0 Å². The summed E-state index contributed by atoms with van der Waals surface area (Å²) in [4.78, 5) is 25.4. The standard InChI is InChI=1S/C33H54O4/c1-20(2)22-12-17-33(28(35)36-9)19-18-31(7)23(27(22)33)10-11-25-30(6)15-14-26(37-21(3)34)29(4,5)24(30)13-16-32(25,31)8/h20,22-27H,10-19H2,1-9H3/t22-,23+,24-,25+,26-,27+,30-,31+,32+,33-/m0/s1. The smallest absolute Gasteiger partial charge is 0.312 e. The molecular weight excluding hydrogens is 460 g/mol. The van der Waals surface area contributed by atoms with E-state index in [1.165, 1.54) is 32.1 Å². The third kappa shape index (κ3) is 3.51. The molecule has 5 aliphatic rings. The average molecular weight is 515 g/mol. The van der Waals surface area contributed by atoms with E-state index in [0.29, 0.717) is 35.5 Å². The first-order valence-corrected chi connectivity index (χ1v) is 15.4. The van der Waals surface area contributed by atoms with Crippen LogP contribution in [0.1, 0.15) is 120 Å². The van der Waals surface area contributed by atoms with Crippen LogP contribution in [0, 0.1) is 62.6 Å². The Kier molecular flexibility index (Phi) is 6.48. The topological polar surface area (TPSA) is 52.6 Å². The number of hydrogen-bond acceptors (Lipinski definition) is 4.